The number of nitrogens with one attached hydrogen (secondary N) is 1. The van der Waals surface area contributed by atoms with E-state index < -0.39 is 0 Å². The number of hydrogen-bond acceptors (Lipinski definition) is 5. The predicted molar refractivity (Wildman–Crippen MR) is 108 cm³/mol. The second kappa shape index (κ2) is 7.25. The third-order valence-corrected chi connectivity index (χ3v) is 5.38. The summed E-state index contributed by atoms with van der Waals surface area (Å²) in [5.74, 6) is 1.25. The molecule has 136 valence electrons. The lowest BCUT2D eigenvalue weighted by molar-refractivity contribution is 0.341. The van der Waals surface area contributed by atoms with Crippen LogP contribution in [0, 0.1) is 5.41 Å². The first kappa shape index (κ1) is 17.3. The first-order chi connectivity index (χ1) is 13.2. The number of benzene rings is 2. The lowest BCUT2D eigenvalue weighted by Gasteiger charge is -2.20. The van der Waals surface area contributed by atoms with Crippen LogP contribution < -0.4 is 4.74 Å². The highest BCUT2D eigenvalue weighted by atomic mass is 32.1. The Morgan fingerprint density at radius 3 is 2.67 bits per heavy atom. The monoisotopic (exact) mass is 377 g/mol. The number of rotatable bonds is 5. The van der Waals surface area contributed by atoms with E-state index in [1.807, 2.05) is 64.9 Å². The Morgan fingerprint density at radius 2 is 1.89 bits per heavy atom. The zero-order valence-electron chi connectivity index (χ0n) is 14.8. The molecule has 6 heteroatoms. The predicted octanol–water partition coefficient (Wildman–Crippen LogP) is 4.58. The highest BCUT2D eigenvalue weighted by Gasteiger charge is 2.30. The molecule has 27 heavy (non-hydrogen) atoms. The molecule has 0 radical (unpaired) electrons. The first-order valence-corrected chi connectivity index (χ1v) is 9.44. The SMILES string of the molecule is COc1ccccc1CN1CC(O)=C(c2nc(-c3ccccc3)cs2)C1=N. The number of aromatic nitrogens is 1. The van der Waals surface area contributed by atoms with Crippen molar-refractivity contribution in [2.75, 3.05) is 13.7 Å². The molecule has 0 aliphatic carbocycles. The molecule has 2 N–H and O–H groups in total. The molecule has 5 nitrogen and oxygen atoms in total. The van der Waals surface area contributed by atoms with Crippen molar-refractivity contribution in [3.63, 3.8) is 0 Å². The van der Waals surface area contributed by atoms with Crippen LogP contribution in [0.1, 0.15) is 10.6 Å². The summed E-state index contributed by atoms with van der Waals surface area (Å²) in [7, 11) is 1.63. The molecule has 2 heterocycles. The van der Waals surface area contributed by atoms with Gasteiger partial charge in [-0.05, 0) is 6.07 Å². The summed E-state index contributed by atoms with van der Waals surface area (Å²) in [5.41, 5.74) is 3.36. The summed E-state index contributed by atoms with van der Waals surface area (Å²) in [6.07, 6.45) is 0. The van der Waals surface area contributed by atoms with E-state index in [0.717, 1.165) is 22.6 Å². The molecule has 0 bridgehead atoms. The Bertz CT molecular complexity index is 1010. The maximum absolute atomic E-state index is 10.5. The van der Waals surface area contributed by atoms with Crippen LogP contribution in [-0.4, -0.2) is 34.5 Å². The molecule has 0 unspecified atom stereocenters. The van der Waals surface area contributed by atoms with Gasteiger partial charge in [-0.2, -0.15) is 0 Å². The number of para-hydroxylation sites is 1. The van der Waals surface area contributed by atoms with Crippen molar-refractivity contribution in [2.45, 2.75) is 6.54 Å². The fourth-order valence-electron chi connectivity index (χ4n) is 3.16. The highest BCUT2D eigenvalue weighted by Crippen LogP contribution is 2.33. The topological polar surface area (TPSA) is 69.4 Å². The average Bonchev–Trinajstić information content (AvgIpc) is 3.28. The van der Waals surface area contributed by atoms with Crippen LogP contribution in [0.4, 0.5) is 0 Å². The molecule has 1 aromatic heterocycles. The van der Waals surface area contributed by atoms with Gasteiger partial charge in [-0.1, -0.05) is 48.5 Å². The van der Waals surface area contributed by atoms with Gasteiger partial charge < -0.3 is 14.7 Å². The van der Waals surface area contributed by atoms with Gasteiger partial charge in [-0.25, -0.2) is 4.98 Å². The van der Waals surface area contributed by atoms with E-state index in [2.05, 4.69) is 4.98 Å². The van der Waals surface area contributed by atoms with Gasteiger partial charge in [0.1, 0.15) is 22.4 Å². The zero-order chi connectivity index (χ0) is 18.8. The summed E-state index contributed by atoms with van der Waals surface area (Å²) >= 11 is 1.44. The molecule has 0 atom stereocenters. The maximum Gasteiger partial charge on any atom is 0.135 e. The van der Waals surface area contributed by atoms with Gasteiger partial charge in [-0.3, -0.25) is 5.41 Å². The van der Waals surface area contributed by atoms with Crippen molar-refractivity contribution in [2.24, 2.45) is 0 Å². The molecule has 4 rings (SSSR count). The number of thiazole rings is 1. The summed E-state index contributed by atoms with van der Waals surface area (Å²) < 4.78 is 5.40. The average molecular weight is 377 g/mol. The van der Waals surface area contributed by atoms with Gasteiger partial charge in [0.2, 0.25) is 0 Å². The van der Waals surface area contributed by atoms with Gasteiger partial charge in [0.15, 0.2) is 0 Å². The summed E-state index contributed by atoms with van der Waals surface area (Å²) in [4.78, 5) is 6.47. The number of hydrogen-bond donors (Lipinski definition) is 2. The first-order valence-electron chi connectivity index (χ1n) is 8.56. The quantitative estimate of drug-likeness (QED) is 0.683. The number of aliphatic hydroxyl groups is 1. The summed E-state index contributed by atoms with van der Waals surface area (Å²) in [6.45, 7) is 0.791. The van der Waals surface area contributed by atoms with Crippen molar-refractivity contribution in [3.8, 4) is 17.0 Å². The van der Waals surface area contributed by atoms with E-state index in [4.69, 9.17) is 10.1 Å². The summed E-state index contributed by atoms with van der Waals surface area (Å²) in [5, 5.41) is 21.7. The van der Waals surface area contributed by atoms with Gasteiger partial charge in [-0.15, -0.1) is 11.3 Å². The molecular weight excluding hydrogens is 358 g/mol. The molecule has 0 spiro atoms. The van der Waals surface area contributed by atoms with Crippen LogP contribution in [0.5, 0.6) is 5.75 Å². The minimum atomic E-state index is 0.184. The van der Waals surface area contributed by atoms with Crippen LogP contribution in [0.2, 0.25) is 0 Å². The maximum atomic E-state index is 10.5. The molecular formula is C21H19N3O2S. The minimum absolute atomic E-state index is 0.184. The van der Waals surface area contributed by atoms with E-state index in [9.17, 15) is 5.11 Å². The molecule has 0 amide bonds. The third-order valence-electron chi connectivity index (χ3n) is 4.52. The van der Waals surface area contributed by atoms with E-state index in [1.165, 1.54) is 11.3 Å². The number of amidine groups is 1. The standard InChI is InChI=1S/C21H19N3O2S/c1-26-18-10-6-5-9-15(18)11-24-12-17(25)19(20(24)22)21-23-16(13-27-21)14-7-3-2-4-8-14/h2-10,13,22,25H,11-12H2,1H3. The van der Waals surface area contributed by atoms with Gasteiger partial charge in [0.05, 0.1) is 24.9 Å². The largest absolute Gasteiger partial charge is 0.510 e. The van der Waals surface area contributed by atoms with Crippen LogP contribution in [-0.2, 0) is 6.54 Å². The Labute approximate surface area is 161 Å². The molecule has 3 aromatic rings. The lowest BCUT2D eigenvalue weighted by atomic mass is 10.2. The number of ether oxygens (including phenoxy) is 1. The zero-order valence-corrected chi connectivity index (χ0v) is 15.7. The fourth-order valence-corrected chi connectivity index (χ4v) is 4.06. The number of nitrogens with zero attached hydrogens (tertiary/aromatic N) is 2. The second-order valence-corrected chi connectivity index (χ2v) is 7.10. The van der Waals surface area contributed by atoms with E-state index >= 15 is 0 Å². The Morgan fingerprint density at radius 1 is 1.15 bits per heavy atom. The molecule has 0 saturated heterocycles. The normalized spacial score (nSPS) is 14.1. The lowest BCUT2D eigenvalue weighted by Crippen LogP contribution is -2.26. The van der Waals surface area contributed by atoms with Crippen LogP contribution in [0.3, 0.4) is 0 Å². The molecule has 2 aromatic carbocycles. The highest BCUT2D eigenvalue weighted by molar-refractivity contribution is 7.11. The molecule has 0 saturated carbocycles. The minimum Gasteiger partial charge on any atom is -0.510 e. The van der Waals surface area contributed by atoms with Crippen molar-refractivity contribution in [1.29, 1.82) is 5.41 Å². The van der Waals surface area contributed by atoms with Crippen LogP contribution >= 0.6 is 11.3 Å². The number of aliphatic hydroxyl groups excluding tert-OH is 1. The Kier molecular flexibility index (Phi) is 4.64. The van der Waals surface area contributed by atoms with Crippen LogP contribution in [0.25, 0.3) is 16.8 Å². The third kappa shape index (κ3) is 3.31. The van der Waals surface area contributed by atoms with Gasteiger partial charge >= 0.3 is 0 Å². The van der Waals surface area contributed by atoms with Crippen molar-refractivity contribution in [1.82, 2.24) is 9.88 Å². The van der Waals surface area contributed by atoms with E-state index in [0.29, 0.717) is 23.7 Å². The molecule has 1 aliphatic rings. The van der Waals surface area contributed by atoms with Crippen molar-refractivity contribution >= 4 is 22.7 Å². The smallest absolute Gasteiger partial charge is 0.135 e. The molecule has 1 aliphatic heterocycles. The second-order valence-electron chi connectivity index (χ2n) is 6.24. The van der Waals surface area contributed by atoms with E-state index in [1.54, 1.807) is 7.11 Å². The Hall–Kier alpha value is -3.12. The Balaban J connectivity index is 1.57. The van der Waals surface area contributed by atoms with Gasteiger partial charge in [0, 0.05) is 23.1 Å². The van der Waals surface area contributed by atoms with Crippen molar-refractivity contribution in [3.05, 3.63) is 76.3 Å². The van der Waals surface area contributed by atoms with Gasteiger partial charge in [0.25, 0.3) is 0 Å². The number of methoxy groups -OCH3 is 1. The molecule has 0 fully saturated rings. The fraction of sp³-hybridized carbons (Fsp3) is 0.143. The van der Waals surface area contributed by atoms with Crippen LogP contribution in [0.15, 0.2) is 65.7 Å². The van der Waals surface area contributed by atoms with E-state index in [-0.39, 0.29) is 11.6 Å². The summed E-state index contributed by atoms with van der Waals surface area (Å²) in [6, 6.07) is 17.6. The van der Waals surface area contributed by atoms with Crippen molar-refractivity contribution < 1.29 is 9.84 Å².